The van der Waals surface area contributed by atoms with E-state index in [2.05, 4.69) is 32.3 Å². The zero-order valence-electron chi connectivity index (χ0n) is 10.3. The fourth-order valence-electron chi connectivity index (χ4n) is 1.66. The monoisotopic (exact) mass is 350 g/mol. The third-order valence-corrected chi connectivity index (χ3v) is 7.79. The molecule has 0 bridgehead atoms. The maximum atomic E-state index is 5.87. The van der Waals surface area contributed by atoms with Gasteiger partial charge < -0.3 is 0 Å². The van der Waals surface area contributed by atoms with E-state index >= 15 is 0 Å². The van der Waals surface area contributed by atoms with E-state index < -0.39 is 23.7 Å². The van der Waals surface area contributed by atoms with Crippen LogP contribution in [0.25, 0.3) is 0 Å². The second kappa shape index (κ2) is 4.78. The molecule has 1 rings (SSSR count). The van der Waals surface area contributed by atoms with Gasteiger partial charge in [0.05, 0.1) is 0 Å². The molecule has 1 aliphatic heterocycles. The molecular weight excluding hydrogens is 331 g/mol. The van der Waals surface area contributed by atoms with E-state index in [1.54, 1.807) is 0 Å². The van der Waals surface area contributed by atoms with Gasteiger partial charge in [-0.3, -0.25) is 0 Å². The zero-order valence-corrected chi connectivity index (χ0v) is 14.7. The van der Waals surface area contributed by atoms with Crippen LogP contribution >= 0.6 is 34.8 Å². The minimum absolute atomic E-state index is 0.0421. The van der Waals surface area contributed by atoms with Gasteiger partial charge in [-0.25, -0.2) is 0 Å². The molecule has 0 saturated carbocycles. The summed E-state index contributed by atoms with van der Waals surface area (Å²) in [5, 5.41) is 0.973. The van der Waals surface area contributed by atoms with E-state index in [9.17, 15) is 0 Å². The van der Waals surface area contributed by atoms with Crippen LogP contribution in [0.15, 0.2) is 0 Å². The Hall–Kier alpha value is 1.33. The summed E-state index contributed by atoms with van der Waals surface area (Å²) >= 11 is 15.3. The molecule has 0 N–H and O–H groups in total. The molecule has 2 nitrogen and oxygen atoms in total. The van der Waals surface area contributed by atoms with Gasteiger partial charge in [-0.2, -0.15) is 0 Å². The van der Waals surface area contributed by atoms with Crippen molar-refractivity contribution in [3.8, 4) is 0 Å². The Morgan fingerprint density at radius 3 is 2.00 bits per heavy atom. The van der Waals surface area contributed by atoms with Crippen molar-refractivity contribution in [3.05, 3.63) is 0 Å². The summed E-state index contributed by atoms with van der Waals surface area (Å²) < 4.78 is 10.1. The molecule has 0 aromatic rings. The van der Waals surface area contributed by atoms with Crippen molar-refractivity contribution in [1.82, 2.24) is 0 Å². The summed E-state index contributed by atoms with van der Waals surface area (Å²) in [4.78, 5) is 0. The van der Waals surface area contributed by atoms with Crippen molar-refractivity contribution < 1.29 is 8.50 Å². The van der Waals surface area contributed by atoms with Crippen LogP contribution in [-0.4, -0.2) is 29.8 Å². The van der Waals surface area contributed by atoms with Gasteiger partial charge >= 0.3 is 116 Å². The van der Waals surface area contributed by atoms with Crippen molar-refractivity contribution >= 4 is 48.4 Å². The van der Waals surface area contributed by atoms with Gasteiger partial charge in [-0.1, -0.05) is 0 Å². The Morgan fingerprint density at radius 2 is 1.62 bits per heavy atom. The molecule has 0 amide bonds. The molecule has 6 heteroatoms. The standard InChI is InChI=1S/C10H19Cl3GeO2/c1-9(2,3)7-6-14(4,5)16-8(15-7)10(11,12)13/h7-8H,6H2,1-5H3/t7-,8-/m0/s1. The molecule has 0 aromatic carbocycles. The van der Waals surface area contributed by atoms with Crippen molar-refractivity contribution in [1.29, 1.82) is 0 Å². The molecule has 1 aliphatic rings. The Morgan fingerprint density at radius 1 is 1.12 bits per heavy atom. The summed E-state index contributed by atoms with van der Waals surface area (Å²) in [6.45, 7) is 6.41. The first kappa shape index (κ1) is 15.4. The number of rotatable bonds is 0. The van der Waals surface area contributed by atoms with Crippen LogP contribution in [0.3, 0.4) is 0 Å². The molecule has 0 aromatic heterocycles. The molecule has 2 atom stereocenters. The van der Waals surface area contributed by atoms with Gasteiger partial charge in [0, 0.05) is 0 Å². The first-order chi connectivity index (χ1) is 6.92. The number of alkyl halides is 3. The van der Waals surface area contributed by atoms with Gasteiger partial charge in [0.25, 0.3) is 0 Å². The summed E-state index contributed by atoms with van der Waals surface area (Å²) in [5.41, 5.74) is 0.0421. The predicted molar refractivity (Wildman–Crippen MR) is 71.8 cm³/mol. The molecule has 0 spiro atoms. The SMILES string of the molecule is CC(C)(C)[C@@H]1[CH2][Ge]([CH3])([CH3])[O][C@@H](C(Cl)(Cl)Cl)O1. The molecule has 0 unspecified atom stereocenters. The van der Waals surface area contributed by atoms with E-state index in [0.29, 0.717) is 0 Å². The second-order valence-electron chi connectivity index (χ2n) is 5.95. The van der Waals surface area contributed by atoms with Crippen LogP contribution in [-0.2, 0) is 8.50 Å². The number of hydrogen-bond acceptors (Lipinski definition) is 2. The average molecular weight is 350 g/mol. The van der Waals surface area contributed by atoms with E-state index in [1.807, 2.05) is 0 Å². The number of ether oxygens (including phenoxy) is 1. The summed E-state index contributed by atoms with van der Waals surface area (Å²) in [6, 6.07) is 0. The normalized spacial score (nSPS) is 31.5. The van der Waals surface area contributed by atoms with E-state index in [-0.39, 0.29) is 11.5 Å². The maximum absolute atomic E-state index is 5.87. The molecule has 16 heavy (non-hydrogen) atoms. The second-order valence-corrected chi connectivity index (χ2v) is 17.0. The minimum atomic E-state index is -2.33. The number of hydrogen-bond donors (Lipinski definition) is 0. The van der Waals surface area contributed by atoms with Crippen molar-refractivity contribution in [2.45, 2.75) is 53.7 Å². The summed E-state index contributed by atoms with van der Waals surface area (Å²) in [5.74, 6) is 4.34. The van der Waals surface area contributed by atoms with E-state index in [0.717, 1.165) is 5.25 Å². The number of halogens is 3. The van der Waals surface area contributed by atoms with Crippen LogP contribution in [0.4, 0.5) is 0 Å². The Kier molecular flexibility index (Phi) is 4.60. The van der Waals surface area contributed by atoms with Gasteiger partial charge in [-0.05, 0) is 0 Å². The summed E-state index contributed by atoms with van der Waals surface area (Å²) in [7, 11) is 0. The molecule has 96 valence electrons. The molecule has 1 heterocycles. The quantitative estimate of drug-likeness (QED) is 0.478. The van der Waals surface area contributed by atoms with Gasteiger partial charge in [0.1, 0.15) is 0 Å². The Labute approximate surface area is 116 Å². The van der Waals surface area contributed by atoms with Gasteiger partial charge in [0.15, 0.2) is 0 Å². The Bertz CT molecular complexity index is 234. The first-order valence-electron chi connectivity index (χ1n) is 5.32. The fourth-order valence-corrected chi connectivity index (χ4v) is 7.69. The molecular formula is C10H19Cl3GeO2. The van der Waals surface area contributed by atoms with Crippen LogP contribution < -0.4 is 0 Å². The molecule has 0 aliphatic carbocycles. The summed E-state index contributed by atoms with van der Waals surface area (Å²) in [6.07, 6.45) is -0.637. The topological polar surface area (TPSA) is 18.5 Å². The zero-order chi connectivity index (χ0) is 12.8. The van der Waals surface area contributed by atoms with E-state index in [4.69, 9.17) is 43.3 Å². The molecule has 1 fully saturated rings. The van der Waals surface area contributed by atoms with Gasteiger partial charge in [-0.15, -0.1) is 0 Å². The third-order valence-electron chi connectivity index (χ3n) is 2.62. The Balaban J connectivity index is 2.86. The average Bonchev–Trinajstić information content (AvgIpc) is 1.97. The van der Waals surface area contributed by atoms with Gasteiger partial charge in [0.2, 0.25) is 0 Å². The fraction of sp³-hybridized carbons (Fsp3) is 1.00. The van der Waals surface area contributed by atoms with Crippen molar-refractivity contribution in [2.24, 2.45) is 5.41 Å². The van der Waals surface area contributed by atoms with E-state index in [1.165, 1.54) is 0 Å². The molecule has 1 saturated heterocycles. The van der Waals surface area contributed by atoms with Crippen LogP contribution in [0.5, 0.6) is 0 Å². The first-order valence-corrected chi connectivity index (χ1v) is 13.0. The van der Waals surface area contributed by atoms with Crippen molar-refractivity contribution in [2.75, 3.05) is 0 Å². The third kappa shape index (κ3) is 4.22. The van der Waals surface area contributed by atoms with Crippen molar-refractivity contribution in [3.63, 3.8) is 0 Å². The van der Waals surface area contributed by atoms with Crippen LogP contribution in [0.2, 0.25) is 16.8 Å². The van der Waals surface area contributed by atoms with Crippen LogP contribution in [0.1, 0.15) is 20.8 Å². The molecule has 0 radical (unpaired) electrons. The van der Waals surface area contributed by atoms with Crippen LogP contribution in [0, 0.1) is 5.41 Å². The predicted octanol–water partition coefficient (Wildman–Crippen LogP) is 4.35.